The number of carboxylic acids is 1. The maximum absolute atomic E-state index is 11.4. The smallest absolute Gasteiger partial charge is 0.326 e. The highest BCUT2D eigenvalue weighted by Gasteiger charge is 2.34. The molecule has 0 radical (unpaired) electrons. The molecular weight excluding hydrogens is 248 g/mol. The Morgan fingerprint density at radius 3 is 2.94 bits per heavy atom. The topological polar surface area (TPSA) is 53.4 Å². The maximum Gasteiger partial charge on any atom is 0.326 e. The van der Waals surface area contributed by atoms with E-state index in [2.05, 4.69) is 18.8 Å². The standard InChI is InChI=1S/C13H20N2O2S/c1-3-9-5-6-15(11(7-9)12(16)17)13-14-10(4-2)8-18-13/h8-9,11H,3-7H2,1-2H3,(H,16,17). The molecule has 1 saturated heterocycles. The van der Waals surface area contributed by atoms with Crippen molar-refractivity contribution < 1.29 is 9.90 Å². The van der Waals surface area contributed by atoms with Crippen molar-refractivity contribution in [3.05, 3.63) is 11.1 Å². The Morgan fingerprint density at radius 2 is 2.39 bits per heavy atom. The van der Waals surface area contributed by atoms with Gasteiger partial charge in [0, 0.05) is 11.9 Å². The van der Waals surface area contributed by atoms with E-state index in [0.717, 1.165) is 43.1 Å². The van der Waals surface area contributed by atoms with Gasteiger partial charge >= 0.3 is 5.97 Å². The van der Waals surface area contributed by atoms with Crippen LogP contribution in [0.5, 0.6) is 0 Å². The summed E-state index contributed by atoms with van der Waals surface area (Å²) in [5.41, 5.74) is 1.05. The van der Waals surface area contributed by atoms with Crippen LogP contribution in [-0.4, -0.2) is 28.6 Å². The van der Waals surface area contributed by atoms with Crippen molar-refractivity contribution in [3.8, 4) is 0 Å². The van der Waals surface area contributed by atoms with Gasteiger partial charge in [0.25, 0.3) is 0 Å². The Morgan fingerprint density at radius 1 is 1.61 bits per heavy atom. The highest BCUT2D eigenvalue weighted by molar-refractivity contribution is 7.13. The molecule has 18 heavy (non-hydrogen) atoms. The van der Waals surface area contributed by atoms with E-state index in [9.17, 15) is 9.90 Å². The van der Waals surface area contributed by atoms with Crippen LogP contribution in [0.4, 0.5) is 5.13 Å². The number of hydrogen-bond donors (Lipinski definition) is 1. The van der Waals surface area contributed by atoms with Gasteiger partial charge < -0.3 is 10.0 Å². The predicted molar refractivity (Wildman–Crippen MR) is 73.3 cm³/mol. The third-order valence-corrected chi connectivity index (χ3v) is 4.65. The van der Waals surface area contributed by atoms with Crippen LogP contribution in [0.1, 0.15) is 38.8 Å². The highest BCUT2D eigenvalue weighted by atomic mass is 32.1. The van der Waals surface area contributed by atoms with Crippen LogP contribution in [-0.2, 0) is 11.2 Å². The Kier molecular flexibility index (Phi) is 4.22. The first-order valence-electron chi connectivity index (χ1n) is 6.59. The van der Waals surface area contributed by atoms with Crippen LogP contribution in [0.2, 0.25) is 0 Å². The van der Waals surface area contributed by atoms with Crippen LogP contribution in [0, 0.1) is 5.92 Å². The third-order valence-electron chi connectivity index (χ3n) is 3.72. The van der Waals surface area contributed by atoms with Gasteiger partial charge in [-0.3, -0.25) is 0 Å². The van der Waals surface area contributed by atoms with Gasteiger partial charge in [0.05, 0.1) is 5.69 Å². The SMILES string of the molecule is CCc1csc(N2CCC(CC)CC2C(=O)O)n1. The molecule has 2 atom stereocenters. The van der Waals surface area contributed by atoms with Crippen LogP contribution >= 0.6 is 11.3 Å². The molecule has 1 fully saturated rings. The second-order valence-corrected chi connectivity index (χ2v) is 5.66. The number of anilines is 1. The fourth-order valence-corrected chi connectivity index (χ4v) is 3.45. The summed E-state index contributed by atoms with van der Waals surface area (Å²) in [5, 5.41) is 12.3. The lowest BCUT2D eigenvalue weighted by molar-refractivity contribution is -0.139. The van der Waals surface area contributed by atoms with Crippen LogP contribution < -0.4 is 4.90 Å². The van der Waals surface area contributed by atoms with E-state index in [4.69, 9.17) is 0 Å². The Bertz CT molecular complexity index is 419. The summed E-state index contributed by atoms with van der Waals surface area (Å²) in [6, 6.07) is -0.403. The van der Waals surface area contributed by atoms with Crippen molar-refractivity contribution in [2.75, 3.05) is 11.4 Å². The summed E-state index contributed by atoms with van der Waals surface area (Å²) in [7, 11) is 0. The fourth-order valence-electron chi connectivity index (χ4n) is 2.46. The van der Waals surface area contributed by atoms with Gasteiger partial charge in [-0.25, -0.2) is 9.78 Å². The molecule has 0 amide bonds. The number of piperidine rings is 1. The normalized spacial score (nSPS) is 24.2. The molecule has 0 spiro atoms. The minimum Gasteiger partial charge on any atom is -0.480 e. The quantitative estimate of drug-likeness (QED) is 0.912. The summed E-state index contributed by atoms with van der Waals surface area (Å²) in [6.07, 6.45) is 3.78. The lowest BCUT2D eigenvalue weighted by Gasteiger charge is -2.36. The molecular formula is C13H20N2O2S. The van der Waals surface area contributed by atoms with Crippen molar-refractivity contribution in [2.45, 2.75) is 45.6 Å². The van der Waals surface area contributed by atoms with Crippen molar-refractivity contribution >= 4 is 22.4 Å². The van der Waals surface area contributed by atoms with Gasteiger partial charge in [-0.05, 0) is 25.2 Å². The first kappa shape index (κ1) is 13.3. The maximum atomic E-state index is 11.4. The van der Waals surface area contributed by atoms with Crippen molar-refractivity contribution in [1.82, 2.24) is 4.98 Å². The average Bonchev–Trinajstić information content (AvgIpc) is 2.86. The largest absolute Gasteiger partial charge is 0.480 e. The van der Waals surface area contributed by atoms with Crippen molar-refractivity contribution in [1.29, 1.82) is 0 Å². The Labute approximate surface area is 112 Å². The van der Waals surface area contributed by atoms with Gasteiger partial charge in [0.15, 0.2) is 5.13 Å². The van der Waals surface area contributed by atoms with E-state index in [1.54, 1.807) is 11.3 Å². The molecule has 1 aliphatic heterocycles. The predicted octanol–water partition coefficient (Wildman–Crippen LogP) is 2.79. The fraction of sp³-hybridized carbons (Fsp3) is 0.692. The van der Waals surface area contributed by atoms with Gasteiger partial charge in [-0.2, -0.15) is 0 Å². The minimum absolute atomic E-state index is 0.403. The third kappa shape index (κ3) is 2.66. The van der Waals surface area contributed by atoms with Crippen LogP contribution in [0.15, 0.2) is 5.38 Å². The van der Waals surface area contributed by atoms with Gasteiger partial charge in [-0.15, -0.1) is 11.3 Å². The zero-order chi connectivity index (χ0) is 13.1. The summed E-state index contributed by atoms with van der Waals surface area (Å²) < 4.78 is 0. The number of carboxylic acid groups (broad SMARTS) is 1. The molecule has 5 heteroatoms. The second kappa shape index (κ2) is 5.69. The molecule has 1 aromatic heterocycles. The van der Waals surface area contributed by atoms with Gasteiger partial charge in [-0.1, -0.05) is 20.3 Å². The zero-order valence-electron chi connectivity index (χ0n) is 10.9. The molecule has 2 unspecified atom stereocenters. The number of aryl methyl sites for hydroxylation is 1. The summed E-state index contributed by atoms with van der Waals surface area (Å²) in [6.45, 7) is 5.01. The summed E-state index contributed by atoms with van der Waals surface area (Å²) >= 11 is 1.56. The molecule has 100 valence electrons. The highest BCUT2D eigenvalue weighted by Crippen LogP contribution is 2.31. The van der Waals surface area contributed by atoms with Crippen LogP contribution in [0.3, 0.4) is 0 Å². The number of carbonyl (C=O) groups is 1. The zero-order valence-corrected chi connectivity index (χ0v) is 11.7. The lowest BCUT2D eigenvalue weighted by Crippen LogP contribution is -2.47. The molecule has 4 nitrogen and oxygen atoms in total. The van der Waals surface area contributed by atoms with E-state index in [-0.39, 0.29) is 0 Å². The monoisotopic (exact) mass is 268 g/mol. The molecule has 2 rings (SSSR count). The second-order valence-electron chi connectivity index (χ2n) is 4.82. The van der Waals surface area contributed by atoms with Crippen molar-refractivity contribution in [2.24, 2.45) is 5.92 Å². The van der Waals surface area contributed by atoms with Gasteiger partial charge in [0.1, 0.15) is 6.04 Å². The molecule has 1 aliphatic rings. The summed E-state index contributed by atoms with van der Waals surface area (Å²) in [5.74, 6) is -0.186. The first-order valence-corrected chi connectivity index (χ1v) is 7.47. The average molecular weight is 268 g/mol. The van der Waals surface area contributed by atoms with E-state index in [0.29, 0.717) is 5.92 Å². The Hall–Kier alpha value is -1.10. The van der Waals surface area contributed by atoms with E-state index in [1.807, 2.05) is 10.3 Å². The number of rotatable bonds is 4. The first-order chi connectivity index (χ1) is 8.65. The molecule has 2 heterocycles. The number of thiazole rings is 1. The number of nitrogens with zero attached hydrogens (tertiary/aromatic N) is 2. The molecule has 0 aliphatic carbocycles. The summed E-state index contributed by atoms with van der Waals surface area (Å²) in [4.78, 5) is 17.9. The minimum atomic E-state index is -0.721. The molecule has 1 N–H and O–H groups in total. The van der Waals surface area contributed by atoms with E-state index in [1.165, 1.54) is 0 Å². The molecule has 0 aromatic carbocycles. The van der Waals surface area contributed by atoms with Gasteiger partial charge in [0.2, 0.25) is 0 Å². The number of hydrogen-bond acceptors (Lipinski definition) is 4. The van der Waals surface area contributed by atoms with Crippen LogP contribution in [0.25, 0.3) is 0 Å². The number of aliphatic carboxylic acids is 1. The lowest BCUT2D eigenvalue weighted by atomic mass is 9.89. The molecule has 0 bridgehead atoms. The number of aromatic nitrogens is 1. The molecule has 0 saturated carbocycles. The van der Waals surface area contributed by atoms with Crippen molar-refractivity contribution in [3.63, 3.8) is 0 Å². The molecule has 1 aromatic rings. The Balaban J connectivity index is 2.17. The van der Waals surface area contributed by atoms with E-state index < -0.39 is 12.0 Å². The van der Waals surface area contributed by atoms with E-state index >= 15 is 0 Å².